The molecule has 0 bridgehead atoms. The summed E-state index contributed by atoms with van der Waals surface area (Å²) in [6, 6.07) is 55.5. The number of carbonyl (C=O) groups is 4. The van der Waals surface area contributed by atoms with Crippen LogP contribution in [0.3, 0.4) is 0 Å². The molecule has 88 heavy (non-hydrogen) atoms. The van der Waals surface area contributed by atoms with Crippen LogP contribution >= 0.6 is 0 Å². The van der Waals surface area contributed by atoms with Crippen LogP contribution in [0.1, 0.15) is 61.1 Å². The highest BCUT2D eigenvalue weighted by Crippen LogP contribution is 2.38. The van der Waals surface area contributed by atoms with Gasteiger partial charge >= 0.3 is 17.9 Å². The first-order valence-electron chi connectivity index (χ1n) is 29.4. The Morgan fingerprint density at radius 3 is 1.17 bits per heavy atom. The lowest BCUT2D eigenvalue weighted by Crippen LogP contribution is -2.70. The molecule has 15 atom stereocenters. The monoisotopic (exact) mass is 1210 g/mol. The first-order chi connectivity index (χ1) is 42.8. The van der Waals surface area contributed by atoms with Crippen molar-refractivity contribution < 1.29 is 90.6 Å². The second kappa shape index (κ2) is 33.3. The highest BCUT2D eigenvalue weighted by molar-refractivity contribution is 5.73. The van der Waals surface area contributed by atoms with Gasteiger partial charge in [-0.2, -0.15) is 0 Å². The highest BCUT2D eigenvalue weighted by atomic mass is 16.8. The summed E-state index contributed by atoms with van der Waals surface area (Å²) in [6.45, 7) is 4.37. The SMILES string of the molecule is CC(=O)N[C@H]1[C@@H](O[C@H]2[C@@H](OCc3ccccc3)[C@@H](COCc3ccccc3)O[C@@H](O[C@H]3[C@H](OCc4ccccc4)[C@@H](OCc4ccccc4)[C@H](O)O[C@@H]3COCc3ccccc3)[C@@H]2OCc2ccccc2)O[C@H](COC(C)=O)[C@H](OC(C)=O)[C@@H]1OC(C)=O. The van der Waals surface area contributed by atoms with E-state index in [2.05, 4.69) is 5.32 Å². The molecule has 3 aliphatic rings. The lowest BCUT2D eigenvalue weighted by Gasteiger charge is -2.51. The van der Waals surface area contributed by atoms with Crippen molar-refractivity contribution in [3.05, 3.63) is 215 Å². The minimum atomic E-state index is -1.63. The van der Waals surface area contributed by atoms with Gasteiger partial charge in [0.1, 0.15) is 67.6 Å². The summed E-state index contributed by atoms with van der Waals surface area (Å²) < 4.78 is 93.2. The van der Waals surface area contributed by atoms with Crippen molar-refractivity contribution in [1.29, 1.82) is 0 Å². The van der Waals surface area contributed by atoms with Crippen LogP contribution in [-0.2, 0) is 125 Å². The van der Waals surface area contributed by atoms with Crippen LogP contribution < -0.4 is 5.32 Å². The number of benzene rings is 6. The van der Waals surface area contributed by atoms with Crippen LogP contribution in [0.5, 0.6) is 0 Å². The fraction of sp³-hybridized carbons (Fsp3) is 0.412. The van der Waals surface area contributed by atoms with Gasteiger partial charge in [0.05, 0.1) is 52.9 Å². The molecule has 0 radical (unpaired) electrons. The van der Waals surface area contributed by atoms with E-state index >= 15 is 0 Å². The molecule has 3 fully saturated rings. The van der Waals surface area contributed by atoms with Gasteiger partial charge in [0.15, 0.2) is 31.1 Å². The quantitative estimate of drug-likeness (QED) is 0.0340. The molecule has 0 saturated carbocycles. The van der Waals surface area contributed by atoms with Crippen LogP contribution in [-0.4, -0.2) is 141 Å². The lowest BCUT2D eigenvalue weighted by atomic mass is 9.94. The van der Waals surface area contributed by atoms with Crippen LogP contribution in [0, 0.1) is 0 Å². The third-order valence-electron chi connectivity index (χ3n) is 14.8. The predicted molar refractivity (Wildman–Crippen MR) is 316 cm³/mol. The molecule has 0 spiro atoms. The Kier molecular flexibility index (Phi) is 24.7. The number of esters is 3. The third-order valence-corrected chi connectivity index (χ3v) is 14.8. The van der Waals surface area contributed by atoms with Crippen LogP contribution in [0.4, 0.5) is 0 Å². The standard InChI is InChI=1S/C68H77NO19/c1-44(70)69-57-61(83-47(4)73)59(82-46(3)72)56(43-77-45(2)71)85-67(57)88-63-58(78-37-50-27-15-7-16-28-50)54(41-75-35-48-23-11-5-12-24-48)86-68(65(63)81-40-53-33-21-10-22-34-53)87-60-55(42-76-36-49-25-13-6-14-26-49)84-66(74)64(80-39-52-31-19-9-20-32-52)62(60)79-38-51-29-17-8-18-30-51/h5-34,54-68,74H,35-43H2,1-4H3,(H,69,70)/t54-,55-,56-,57-,58+,59+,60-,61-,62+,63+,64-,65-,66-,67-,68+/m1/s1. The fourth-order valence-corrected chi connectivity index (χ4v) is 10.7. The predicted octanol–water partition coefficient (Wildman–Crippen LogP) is 7.63. The van der Waals surface area contributed by atoms with Gasteiger partial charge in [-0.05, 0) is 33.4 Å². The van der Waals surface area contributed by atoms with Gasteiger partial charge in [-0.1, -0.05) is 182 Å². The van der Waals surface area contributed by atoms with E-state index in [9.17, 15) is 24.3 Å². The Labute approximate surface area is 512 Å². The Morgan fingerprint density at radius 2 is 0.739 bits per heavy atom. The molecule has 20 nitrogen and oxygen atoms in total. The first-order valence-corrected chi connectivity index (χ1v) is 29.4. The molecule has 6 aromatic rings. The van der Waals surface area contributed by atoms with E-state index in [4.69, 9.17) is 66.3 Å². The van der Waals surface area contributed by atoms with E-state index in [-0.39, 0.29) is 52.9 Å². The topological polar surface area (TPSA) is 230 Å². The molecule has 6 aromatic carbocycles. The molecule has 9 rings (SSSR count). The summed E-state index contributed by atoms with van der Waals surface area (Å²) >= 11 is 0. The molecule has 20 heteroatoms. The minimum Gasteiger partial charge on any atom is -0.463 e. The number of rotatable bonds is 29. The number of hydrogen-bond donors (Lipinski definition) is 2. The average Bonchev–Trinajstić information content (AvgIpc) is 1.37. The van der Waals surface area contributed by atoms with Gasteiger partial charge in [-0.15, -0.1) is 0 Å². The number of aliphatic hydroxyl groups excluding tert-OH is 1. The normalized spacial score (nSPS) is 26.9. The zero-order valence-electron chi connectivity index (χ0n) is 49.6. The molecule has 3 heterocycles. The molecule has 1 amide bonds. The molecule has 0 aliphatic carbocycles. The Hall–Kier alpha value is -7.28. The fourth-order valence-electron chi connectivity index (χ4n) is 10.7. The summed E-state index contributed by atoms with van der Waals surface area (Å²) in [5.41, 5.74) is 4.92. The van der Waals surface area contributed by atoms with Crippen molar-refractivity contribution in [3.63, 3.8) is 0 Å². The van der Waals surface area contributed by atoms with Crippen molar-refractivity contribution in [1.82, 2.24) is 5.32 Å². The molecular weight excluding hydrogens is 1130 g/mol. The Bertz CT molecular complexity index is 3040. The van der Waals surface area contributed by atoms with E-state index in [1.54, 1.807) is 0 Å². The summed E-state index contributed by atoms with van der Waals surface area (Å²) in [5.74, 6) is -2.87. The third kappa shape index (κ3) is 19.1. The highest BCUT2D eigenvalue weighted by Gasteiger charge is 2.58. The number of carbonyl (C=O) groups excluding carboxylic acids is 4. The summed E-state index contributed by atoms with van der Waals surface area (Å²) in [5, 5.41) is 15.0. The van der Waals surface area contributed by atoms with Crippen molar-refractivity contribution in [2.45, 2.75) is 159 Å². The zero-order valence-corrected chi connectivity index (χ0v) is 49.6. The largest absolute Gasteiger partial charge is 0.463 e. The van der Waals surface area contributed by atoms with Crippen molar-refractivity contribution in [3.8, 4) is 0 Å². The van der Waals surface area contributed by atoms with Crippen LogP contribution in [0.2, 0.25) is 0 Å². The molecule has 2 N–H and O–H groups in total. The van der Waals surface area contributed by atoms with E-state index in [0.29, 0.717) is 0 Å². The average molecular weight is 1210 g/mol. The van der Waals surface area contributed by atoms with Gasteiger partial charge < -0.3 is 76.7 Å². The summed E-state index contributed by atoms with van der Waals surface area (Å²) in [4.78, 5) is 52.0. The van der Waals surface area contributed by atoms with E-state index < -0.39 is 122 Å². The zero-order chi connectivity index (χ0) is 61.6. The summed E-state index contributed by atoms with van der Waals surface area (Å²) in [7, 11) is 0. The van der Waals surface area contributed by atoms with Crippen LogP contribution in [0.15, 0.2) is 182 Å². The first kappa shape index (κ1) is 65.2. The molecule has 0 aromatic heterocycles. The van der Waals surface area contributed by atoms with Crippen molar-refractivity contribution in [2.75, 3.05) is 19.8 Å². The van der Waals surface area contributed by atoms with E-state index in [1.165, 1.54) is 13.8 Å². The molecule has 3 saturated heterocycles. The maximum Gasteiger partial charge on any atom is 0.303 e. The molecule has 0 unspecified atom stereocenters. The van der Waals surface area contributed by atoms with Gasteiger partial charge in [-0.25, -0.2) is 0 Å². The molecule has 3 aliphatic heterocycles. The second-order valence-electron chi connectivity index (χ2n) is 21.6. The van der Waals surface area contributed by atoms with Crippen LogP contribution in [0.25, 0.3) is 0 Å². The van der Waals surface area contributed by atoms with E-state index in [0.717, 1.165) is 47.2 Å². The van der Waals surface area contributed by atoms with Crippen molar-refractivity contribution >= 4 is 23.8 Å². The minimum absolute atomic E-state index is 0.00613. The van der Waals surface area contributed by atoms with Gasteiger partial charge in [0, 0.05) is 27.7 Å². The lowest BCUT2D eigenvalue weighted by molar-refractivity contribution is -0.386. The van der Waals surface area contributed by atoms with Gasteiger partial charge in [0.2, 0.25) is 5.91 Å². The van der Waals surface area contributed by atoms with E-state index in [1.807, 2.05) is 182 Å². The second-order valence-corrected chi connectivity index (χ2v) is 21.6. The smallest absolute Gasteiger partial charge is 0.303 e. The van der Waals surface area contributed by atoms with Gasteiger partial charge in [-0.3, -0.25) is 19.2 Å². The number of amides is 1. The number of nitrogens with one attached hydrogen (secondary N) is 1. The molecule has 468 valence electrons. The Morgan fingerprint density at radius 1 is 0.375 bits per heavy atom. The Balaban J connectivity index is 1.19. The number of hydrogen-bond acceptors (Lipinski definition) is 19. The van der Waals surface area contributed by atoms with Gasteiger partial charge in [0.25, 0.3) is 0 Å². The number of aliphatic hydroxyl groups is 1. The summed E-state index contributed by atoms with van der Waals surface area (Å²) in [6.07, 6.45) is -18.5. The van der Waals surface area contributed by atoms with Crippen molar-refractivity contribution in [2.24, 2.45) is 0 Å². The molecular formula is C68H77NO19. The number of ether oxygens (including phenoxy) is 14. The maximum atomic E-state index is 13.4. The maximum absolute atomic E-state index is 13.4.